The average molecular weight is 287 g/mol. The van der Waals surface area contributed by atoms with Crippen LogP contribution in [0.15, 0.2) is 42.7 Å². The molecule has 0 bridgehead atoms. The second kappa shape index (κ2) is 7.28. The Morgan fingerprint density at radius 1 is 1.24 bits per heavy atom. The fraction of sp³-hybridized carbons (Fsp3) is 0.250. The number of ether oxygens (including phenoxy) is 3. The molecule has 1 aromatic heterocycles. The van der Waals surface area contributed by atoms with Gasteiger partial charge in [-0.1, -0.05) is 6.07 Å². The van der Waals surface area contributed by atoms with Crippen LogP contribution in [0.4, 0.5) is 0 Å². The first-order valence-electron chi connectivity index (χ1n) is 6.61. The number of methoxy groups -OCH3 is 1. The smallest absolute Gasteiger partial charge is 0.338 e. The number of carbonyl (C=O) groups excluding carboxylic acids is 1. The largest absolute Gasteiger partial charge is 0.493 e. The summed E-state index contributed by atoms with van der Waals surface area (Å²) in [7, 11) is 1.53. The van der Waals surface area contributed by atoms with Crippen molar-refractivity contribution in [1.29, 1.82) is 0 Å². The van der Waals surface area contributed by atoms with E-state index in [9.17, 15) is 4.79 Å². The Balaban J connectivity index is 2.11. The fourth-order valence-corrected chi connectivity index (χ4v) is 1.77. The molecule has 0 unspecified atom stereocenters. The van der Waals surface area contributed by atoms with Crippen molar-refractivity contribution >= 4 is 5.97 Å². The molecule has 0 fully saturated rings. The van der Waals surface area contributed by atoms with Gasteiger partial charge in [0.1, 0.15) is 6.61 Å². The van der Waals surface area contributed by atoms with Crippen LogP contribution in [0, 0.1) is 0 Å². The number of hydrogen-bond acceptors (Lipinski definition) is 5. The normalized spacial score (nSPS) is 10.0. The second-order valence-electron chi connectivity index (χ2n) is 4.24. The van der Waals surface area contributed by atoms with Gasteiger partial charge < -0.3 is 14.2 Å². The van der Waals surface area contributed by atoms with Gasteiger partial charge in [-0.05, 0) is 31.2 Å². The van der Waals surface area contributed by atoms with Crippen LogP contribution >= 0.6 is 0 Å². The molecule has 2 aromatic rings. The predicted molar refractivity (Wildman–Crippen MR) is 77.5 cm³/mol. The Labute approximate surface area is 123 Å². The molecule has 0 aliphatic heterocycles. The second-order valence-corrected chi connectivity index (χ2v) is 4.24. The summed E-state index contributed by atoms with van der Waals surface area (Å²) in [5.41, 5.74) is 1.39. The van der Waals surface area contributed by atoms with E-state index in [2.05, 4.69) is 4.98 Å². The number of rotatable bonds is 6. The van der Waals surface area contributed by atoms with E-state index in [0.717, 1.165) is 5.56 Å². The van der Waals surface area contributed by atoms with Crippen LogP contribution in [0.1, 0.15) is 22.8 Å². The molecule has 0 saturated heterocycles. The summed E-state index contributed by atoms with van der Waals surface area (Å²) in [4.78, 5) is 15.7. The third-order valence-corrected chi connectivity index (χ3v) is 2.79. The molecule has 0 aliphatic carbocycles. The molecule has 2 rings (SSSR count). The zero-order valence-electron chi connectivity index (χ0n) is 12.0. The molecule has 1 heterocycles. The highest BCUT2D eigenvalue weighted by Crippen LogP contribution is 2.29. The minimum absolute atomic E-state index is 0.334. The summed E-state index contributed by atoms with van der Waals surface area (Å²) < 4.78 is 15.9. The maximum absolute atomic E-state index is 11.7. The Morgan fingerprint density at radius 2 is 2.10 bits per heavy atom. The summed E-state index contributed by atoms with van der Waals surface area (Å²) in [6.45, 7) is 2.48. The van der Waals surface area contributed by atoms with Gasteiger partial charge in [-0.3, -0.25) is 4.98 Å². The van der Waals surface area contributed by atoms with Crippen LogP contribution in [-0.2, 0) is 11.3 Å². The highest BCUT2D eigenvalue weighted by Gasteiger charge is 2.12. The number of nitrogens with zero attached hydrogens (tertiary/aromatic N) is 1. The fourth-order valence-electron chi connectivity index (χ4n) is 1.77. The SMILES string of the molecule is CCOC(=O)c1ccc(OCc2cccnc2)c(OC)c1. The maximum atomic E-state index is 11.7. The van der Waals surface area contributed by atoms with Crippen LogP contribution in [0.2, 0.25) is 0 Å². The first kappa shape index (κ1) is 14.8. The van der Waals surface area contributed by atoms with Crippen molar-refractivity contribution in [2.45, 2.75) is 13.5 Å². The Morgan fingerprint density at radius 3 is 2.76 bits per heavy atom. The van der Waals surface area contributed by atoms with Gasteiger partial charge in [0.2, 0.25) is 0 Å². The molecule has 110 valence electrons. The minimum atomic E-state index is -0.380. The highest BCUT2D eigenvalue weighted by atomic mass is 16.5. The van der Waals surface area contributed by atoms with Crippen LogP contribution in [0.5, 0.6) is 11.5 Å². The van der Waals surface area contributed by atoms with E-state index >= 15 is 0 Å². The van der Waals surface area contributed by atoms with Gasteiger partial charge in [0.15, 0.2) is 11.5 Å². The summed E-state index contributed by atoms with van der Waals surface area (Å²) in [5, 5.41) is 0. The van der Waals surface area contributed by atoms with E-state index < -0.39 is 0 Å². The lowest BCUT2D eigenvalue weighted by Gasteiger charge is -2.11. The van der Waals surface area contributed by atoms with Gasteiger partial charge in [0.25, 0.3) is 0 Å². The van der Waals surface area contributed by atoms with Crippen molar-refractivity contribution in [2.75, 3.05) is 13.7 Å². The zero-order valence-corrected chi connectivity index (χ0v) is 12.0. The number of hydrogen-bond donors (Lipinski definition) is 0. The average Bonchev–Trinajstić information content (AvgIpc) is 2.54. The lowest BCUT2D eigenvalue weighted by Crippen LogP contribution is -2.05. The van der Waals surface area contributed by atoms with E-state index in [0.29, 0.717) is 30.3 Å². The Kier molecular flexibility index (Phi) is 5.15. The lowest BCUT2D eigenvalue weighted by molar-refractivity contribution is 0.0526. The molecule has 0 aliphatic rings. The molecule has 0 atom stereocenters. The third-order valence-electron chi connectivity index (χ3n) is 2.79. The molecule has 0 radical (unpaired) electrons. The summed E-state index contributed by atoms with van der Waals surface area (Å²) in [6.07, 6.45) is 3.44. The number of benzene rings is 1. The van der Waals surface area contributed by atoms with Crippen LogP contribution in [0.25, 0.3) is 0 Å². The van der Waals surface area contributed by atoms with Gasteiger partial charge in [0.05, 0.1) is 19.3 Å². The molecule has 0 saturated carbocycles. The number of carbonyl (C=O) groups is 1. The van der Waals surface area contributed by atoms with Crippen molar-refractivity contribution in [3.63, 3.8) is 0 Å². The minimum Gasteiger partial charge on any atom is -0.493 e. The van der Waals surface area contributed by atoms with Crippen molar-refractivity contribution in [2.24, 2.45) is 0 Å². The Hall–Kier alpha value is -2.56. The topological polar surface area (TPSA) is 57.7 Å². The third kappa shape index (κ3) is 3.95. The predicted octanol–water partition coefficient (Wildman–Crippen LogP) is 2.85. The molecule has 5 nitrogen and oxygen atoms in total. The highest BCUT2D eigenvalue weighted by molar-refractivity contribution is 5.90. The number of pyridine rings is 1. The van der Waals surface area contributed by atoms with Gasteiger partial charge >= 0.3 is 5.97 Å². The van der Waals surface area contributed by atoms with Gasteiger partial charge in [0, 0.05) is 18.0 Å². The lowest BCUT2D eigenvalue weighted by atomic mass is 10.2. The summed E-state index contributed by atoms with van der Waals surface area (Å²) >= 11 is 0. The monoisotopic (exact) mass is 287 g/mol. The zero-order chi connectivity index (χ0) is 15.1. The standard InChI is InChI=1S/C16H17NO4/c1-3-20-16(18)13-6-7-14(15(9-13)19-2)21-11-12-5-4-8-17-10-12/h4-10H,3,11H2,1-2H3. The van der Waals surface area contributed by atoms with E-state index in [1.165, 1.54) is 7.11 Å². The molecular weight excluding hydrogens is 270 g/mol. The van der Waals surface area contributed by atoms with Crippen molar-refractivity contribution in [3.05, 3.63) is 53.9 Å². The van der Waals surface area contributed by atoms with Crippen LogP contribution in [-0.4, -0.2) is 24.7 Å². The Bertz CT molecular complexity index is 598. The first-order chi connectivity index (χ1) is 10.2. The molecule has 5 heteroatoms. The van der Waals surface area contributed by atoms with E-state index in [1.54, 1.807) is 37.5 Å². The van der Waals surface area contributed by atoms with Gasteiger partial charge in [-0.2, -0.15) is 0 Å². The van der Waals surface area contributed by atoms with Crippen LogP contribution < -0.4 is 9.47 Å². The first-order valence-corrected chi connectivity index (χ1v) is 6.61. The van der Waals surface area contributed by atoms with E-state index in [1.807, 2.05) is 12.1 Å². The van der Waals surface area contributed by atoms with Crippen molar-refractivity contribution < 1.29 is 19.0 Å². The molecular formula is C16H17NO4. The number of aromatic nitrogens is 1. The van der Waals surface area contributed by atoms with Crippen molar-refractivity contribution in [3.8, 4) is 11.5 Å². The van der Waals surface area contributed by atoms with E-state index in [4.69, 9.17) is 14.2 Å². The van der Waals surface area contributed by atoms with Crippen molar-refractivity contribution in [1.82, 2.24) is 4.98 Å². The summed E-state index contributed by atoms with van der Waals surface area (Å²) in [6, 6.07) is 8.73. The summed E-state index contributed by atoms with van der Waals surface area (Å²) in [5.74, 6) is 0.674. The number of esters is 1. The van der Waals surface area contributed by atoms with Gasteiger partial charge in [-0.25, -0.2) is 4.79 Å². The quantitative estimate of drug-likeness (QED) is 0.765. The molecule has 1 aromatic carbocycles. The molecule has 21 heavy (non-hydrogen) atoms. The molecule has 0 amide bonds. The van der Waals surface area contributed by atoms with Gasteiger partial charge in [-0.15, -0.1) is 0 Å². The van der Waals surface area contributed by atoms with E-state index in [-0.39, 0.29) is 5.97 Å². The molecule has 0 N–H and O–H groups in total. The maximum Gasteiger partial charge on any atom is 0.338 e. The van der Waals surface area contributed by atoms with Crippen LogP contribution in [0.3, 0.4) is 0 Å². The molecule has 0 spiro atoms.